The first-order valence-corrected chi connectivity index (χ1v) is 5.88. The van der Waals surface area contributed by atoms with E-state index in [9.17, 15) is 4.79 Å². The van der Waals surface area contributed by atoms with Crippen LogP contribution in [0.4, 0.5) is 0 Å². The summed E-state index contributed by atoms with van der Waals surface area (Å²) in [5.41, 5.74) is 8.80. The van der Waals surface area contributed by atoms with E-state index < -0.39 is 5.91 Å². The minimum absolute atomic E-state index is 0.419. The lowest BCUT2D eigenvalue weighted by atomic mass is 10.0. The highest BCUT2D eigenvalue weighted by atomic mass is 16.5. The van der Waals surface area contributed by atoms with Crippen molar-refractivity contribution in [3.8, 4) is 0 Å². The Hall–Kier alpha value is -2.10. The van der Waals surface area contributed by atoms with Crippen LogP contribution in [0.5, 0.6) is 0 Å². The van der Waals surface area contributed by atoms with Crippen LogP contribution >= 0.6 is 0 Å². The van der Waals surface area contributed by atoms with E-state index in [1.807, 2.05) is 0 Å². The normalized spacial score (nSPS) is 10.6. The third-order valence-electron chi connectivity index (χ3n) is 2.95. The second-order valence-electron chi connectivity index (χ2n) is 4.41. The van der Waals surface area contributed by atoms with Crippen LogP contribution in [0, 0.1) is 13.8 Å². The van der Waals surface area contributed by atoms with E-state index in [1.54, 1.807) is 6.92 Å². The molecule has 18 heavy (non-hydrogen) atoms. The van der Waals surface area contributed by atoms with Gasteiger partial charge in [-0.15, -0.1) is 0 Å². The smallest absolute Gasteiger partial charge is 0.254 e. The van der Waals surface area contributed by atoms with E-state index in [1.165, 1.54) is 11.1 Å². The lowest BCUT2D eigenvalue weighted by molar-refractivity contribution is 0.0998. The summed E-state index contributed by atoms with van der Waals surface area (Å²) in [5.74, 6) is 0.00839. The first-order chi connectivity index (χ1) is 8.58. The number of hydrogen-bond acceptors (Lipinski definition) is 3. The topological polar surface area (TPSA) is 69.1 Å². The molecule has 0 unspecified atom stereocenters. The summed E-state index contributed by atoms with van der Waals surface area (Å²) in [6.07, 6.45) is 1.46. The third kappa shape index (κ3) is 2.59. The molecule has 4 nitrogen and oxygen atoms in total. The van der Waals surface area contributed by atoms with Gasteiger partial charge in [0, 0.05) is 0 Å². The molecule has 0 aliphatic heterocycles. The number of hydrogen-bond donors (Lipinski definition) is 1. The molecule has 2 rings (SSSR count). The molecule has 1 heterocycles. The number of amides is 1. The quantitative estimate of drug-likeness (QED) is 0.896. The summed E-state index contributed by atoms with van der Waals surface area (Å²) in [7, 11) is 0. The lowest BCUT2D eigenvalue weighted by Gasteiger charge is -2.01. The maximum atomic E-state index is 11.3. The third-order valence-corrected chi connectivity index (χ3v) is 2.95. The predicted octanol–water partition coefficient (Wildman–Crippen LogP) is 2.18. The van der Waals surface area contributed by atoms with E-state index in [0.29, 0.717) is 23.4 Å². The van der Waals surface area contributed by atoms with Crippen molar-refractivity contribution in [3.63, 3.8) is 0 Å². The van der Waals surface area contributed by atoms with Crippen molar-refractivity contribution in [2.24, 2.45) is 5.73 Å². The molecular formula is C14H16N2O2. The van der Waals surface area contributed by atoms with Gasteiger partial charge in [-0.05, 0) is 32.3 Å². The Kier molecular flexibility index (Phi) is 3.46. The Labute approximate surface area is 106 Å². The summed E-state index contributed by atoms with van der Waals surface area (Å²) in [4.78, 5) is 11.3. The maximum absolute atomic E-state index is 11.3. The molecule has 2 aromatic rings. The van der Waals surface area contributed by atoms with Crippen LogP contribution < -0.4 is 5.73 Å². The molecule has 0 aliphatic carbocycles. The summed E-state index contributed by atoms with van der Waals surface area (Å²) < 4.78 is 5.01. The highest BCUT2D eigenvalue weighted by Crippen LogP contribution is 2.15. The van der Waals surface area contributed by atoms with Crippen LogP contribution in [0.3, 0.4) is 0 Å². The van der Waals surface area contributed by atoms with E-state index in [-0.39, 0.29) is 0 Å². The summed E-state index contributed by atoms with van der Waals surface area (Å²) in [6, 6.07) is 8.29. The zero-order chi connectivity index (χ0) is 13.1. The number of nitrogens with zero attached hydrogens (tertiary/aromatic N) is 1. The molecule has 0 atom stereocenters. The van der Waals surface area contributed by atoms with Gasteiger partial charge in [-0.2, -0.15) is 0 Å². The summed E-state index contributed by atoms with van der Waals surface area (Å²) >= 11 is 0. The minimum atomic E-state index is -0.479. The van der Waals surface area contributed by atoms with Gasteiger partial charge in [0.15, 0.2) is 0 Å². The van der Waals surface area contributed by atoms with E-state index in [2.05, 4.69) is 36.3 Å². The molecule has 0 saturated carbocycles. The van der Waals surface area contributed by atoms with E-state index in [0.717, 1.165) is 6.42 Å². The maximum Gasteiger partial charge on any atom is 0.254 e. The summed E-state index contributed by atoms with van der Waals surface area (Å²) in [5, 5.41) is 3.89. The van der Waals surface area contributed by atoms with Crippen molar-refractivity contribution in [3.05, 3.63) is 52.4 Å². The molecule has 1 aromatic carbocycles. The van der Waals surface area contributed by atoms with Crippen molar-refractivity contribution >= 4 is 5.91 Å². The largest absolute Gasteiger partial charge is 0.365 e. The number of primary amides is 1. The van der Waals surface area contributed by atoms with E-state index >= 15 is 0 Å². The number of carbonyl (C=O) groups excluding carboxylic acids is 1. The number of aromatic nitrogens is 1. The molecule has 2 N–H and O–H groups in total. The molecule has 1 aromatic heterocycles. The molecule has 0 spiro atoms. The van der Waals surface area contributed by atoms with Crippen LogP contribution in [0.15, 0.2) is 28.8 Å². The van der Waals surface area contributed by atoms with Crippen molar-refractivity contribution in [2.45, 2.75) is 26.7 Å². The number of nitrogens with two attached hydrogens (primary N) is 1. The Balaban J connectivity index is 2.11. The molecule has 0 fully saturated rings. The molecule has 94 valence electrons. The highest BCUT2D eigenvalue weighted by Gasteiger charge is 2.17. The molecule has 0 radical (unpaired) electrons. The minimum Gasteiger partial charge on any atom is -0.365 e. The van der Waals surface area contributed by atoms with Crippen molar-refractivity contribution in [2.75, 3.05) is 0 Å². The van der Waals surface area contributed by atoms with Gasteiger partial charge >= 0.3 is 0 Å². The monoisotopic (exact) mass is 244 g/mol. The number of carbonyl (C=O) groups is 1. The number of aryl methyl sites for hydroxylation is 4. The molecule has 4 heteroatoms. The number of rotatable bonds is 4. The van der Waals surface area contributed by atoms with Gasteiger partial charge in [0.1, 0.15) is 11.3 Å². The Morgan fingerprint density at radius 2 is 1.89 bits per heavy atom. The average molecular weight is 244 g/mol. The zero-order valence-corrected chi connectivity index (χ0v) is 10.6. The van der Waals surface area contributed by atoms with Crippen molar-refractivity contribution in [1.82, 2.24) is 5.16 Å². The van der Waals surface area contributed by atoms with Crippen LogP contribution in [0.1, 0.15) is 32.9 Å². The van der Waals surface area contributed by atoms with Gasteiger partial charge in [-0.3, -0.25) is 4.79 Å². The Morgan fingerprint density at radius 3 is 2.50 bits per heavy atom. The second-order valence-corrected chi connectivity index (χ2v) is 4.41. The molecule has 0 saturated heterocycles. The van der Waals surface area contributed by atoms with Gasteiger partial charge in [0.2, 0.25) is 0 Å². The van der Waals surface area contributed by atoms with Crippen molar-refractivity contribution in [1.29, 1.82) is 0 Å². The van der Waals surface area contributed by atoms with Crippen LogP contribution in [-0.4, -0.2) is 11.1 Å². The first-order valence-electron chi connectivity index (χ1n) is 5.88. The van der Waals surface area contributed by atoms with E-state index in [4.69, 9.17) is 10.3 Å². The fraction of sp³-hybridized carbons (Fsp3) is 0.286. The number of benzene rings is 1. The van der Waals surface area contributed by atoms with Crippen molar-refractivity contribution < 1.29 is 9.32 Å². The predicted molar refractivity (Wildman–Crippen MR) is 68.3 cm³/mol. The van der Waals surface area contributed by atoms with Crippen LogP contribution in [0.2, 0.25) is 0 Å². The Morgan fingerprint density at radius 1 is 1.22 bits per heavy atom. The standard InChI is InChI=1S/C14H16N2O2/c1-9-3-5-11(6-4-9)7-8-12-13(14(15)17)10(2)18-16-12/h3-6H,7-8H2,1-2H3,(H2,15,17). The first kappa shape index (κ1) is 12.4. The fourth-order valence-corrected chi connectivity index (χ4v) is 1.92. The zero-order valence-electron chi connectivity index (χ0n) is 10.6. The molecule has 1 amide bonds. The van der Waals surface area contributed by atoms with Gasteiger partial charge in [-0.25, -0.2) is 0 Å². The molecule has 0 aliphatic rings. The second kappa shape index (κ2) is 5.04. The highest BCUT2D eigenvalue weighted by molar-refractivity contribution is 5.94. The van der Waals surface area contributed by atoms with Gasteiger partial charge < -0.3 is 10.3 Å². The van der Waals surface area contributed by atoms with Gasteiger partial charge in [0.05, 0.1) is 5.69 Å². The summed E-state index contributed by atoms with van der Waals surface area (Å²) in [6.45, 7) is 3.75. The lowest BCUT2D eigenvalue weighted by Crippen LogP contribution is -2.14. The molecular weight excluding hydrogens is 228 g/mol. The Bertz CT molecular complexity index is 556. The van der Waals surface area contributed by atoms with Crippen LogP contribution in [0.25, 0.3) is 0 Å². The SMILES string of the molecule is Cc1ccc(CCc2noc(C)c2C(N)=O)cc1. The molecule has 0 bridgehead atoms. The van der Waals surface area contributed by atoms with Crippen LogP contribution in [-0.2, 0) is 12.8 Å². The average Bonchev–Trinajstić information content (AvgIpc) is 2.70. The van der Waals surface area contributed by atoms with Gasteiger partial charge in [0.25, 0.3) is 5.91 Å². The van der Waals surface area contributed by atoms with Gasteiger partial charge in [-0.1, -0.05) is 35.0 Å². The fourth-order valence-electron chi connectivity index (χ4n) is 1.92.